The Bertz CT molecular complexity index is 1940. The van der Waals surface area contributed by atoms with E-state index >= 15 is 0 Å². The third-order valence-electron chi connectivity index (χ3n) is 19.5. The summed E-state index contributed by atoms with van der Waals surface area (Å²) in [6, 6.07) is 0. The van der Waals surface area contributed by atoms with Gasteiger partial charge in [0.25, 0.3) is 0 Å². The number of hydrogen-bond acceptors (Lipinski definition) is 15. The number of rotatable bonds is 83. The first-order valence-corrected chi connectivity index (χ1v) is 46.1. The molecule has 0 aliphatic heterocycles. The summed E-state index contributed by atoms with van der Waals surface area (Å²) in [7, 11) is -9.92. The van der Waals surface area contributed by atoms with Crippen molar-refractivity contribution < 1.29 is 80.2 Å². The number of carbonyl (C=O) groups excluding carboxylic acids is 4. The number of esters is 4. The molecule has 17 nitrogen and oxygen atoms in total. The number of aliphatic hydroxyl groups is 1. The number of ether oxygens (including phenoxy) is 4. The molecule has 19 heteroatoms. The highest BCUT2D eigenvalue weighted by Gasteiger charge is 2.30. The van der Waals surface area contributed by atoms with Crippen molar-refractivity contribution in [3.8, 4) is 0 Å². The smallest absolute Gasteiger partial charge is 0.462 e. The lowest BCUT2D eigenvalue weighted by Gasteiger charge is -2.21. The summed E-state index contributed by atoms with van der Waals surface area (Å²) in [5.41, 5.74) is 0. The van der Waals surface area contributed by atoms with Gasteiger partial charge in [0.05, 0.1) is 26.4 Å². The van der Waals surface area contributed by atoms with Gasteiger partial charge in [-0.05, 0) is 31.6 Å². The van der Waals surface area contributed by atoms with E-state index in [0.29, 0.717) is 25.7 Å². The van der Waals surface area contributed by atoms with E-state index in [0.717, 1.165) is 109 Å². The molecule has 0 fully saturated rings. The van der Waals surface area contributed by atoms with Crippen LogP contribution in [-0.4, -0.2) is 96.7 Å². The van der Waals surface area contributed by atoms with Gasteiger partial charge in [-0.2, -0.15) is 0 Å². The van der Waals surface area contributed by atoms with Crippen LogP contribution in [0.4, 0.5) is 0 Å². The lowest BCUT2D eigenvalue weighted by molar-refractivity contribution is -0.161. The van der Waals surface area contributed by atoms with Crippen molar-refractivity contribution in [1.29, 1.82) is 0 Å². The van der Waals surface area contributed by atoms with Crippen LogP contribution < -0.4 is 0 Å². The van der Waals surface area contributed by atoms with Crippen LogP contribution in [0.5, 0.6) is 0 Å². The zero-order valence-electron chi connectivity index (χ0n) is 66.8. The molecule has 0 aromatic rings. The molecule has 3 N–H and O–H groups in total. The summed E-state index contributed by atoms with van der Waals surface area (Å²) < 4.78 is 68.7. The average molecular weight is 1490 g/mol. The van der Waals surface area contributed by atoms with Crippen LogP contribution in [0.2, 0.25) is 0 Å². The second-order valence-electron chi connectivity index (χ2n) is 30.3. The lowest BCUT2D eigenvalue weighted by Crippen LogP contribution is -2.30. The largest absolute Gasteiger partial charge is 0.472 e. The Morgan fingerprint density at radius 2 is 0.451 bits per heavy atom. The van der Waals surface area contributed by atoms with Crippen LogP contribution >= 0.6 is 15.6 Å². The second-order valence-corrected chi connectivity index (χ2v) is 33.3. The van der Waals surface area contributed by atoms with E-state index in [-0.39, 0.29) is 25.7 Å². The lowest BCUT2D eigenvalue weighted by atomic mass is 10.0. The molecule has 0 radical (unpaired) electrons. The Labute approximate surface area is 626 Å². The van der Waals surface area contributed by atoms with Gasteiger partial charge in [0.15, 0.2) is 12.2 Å². The van der Waals surface area contributed by atoms with Gasteiger partial charge in [-0.15, -0.1) is 0 Å². The Morgan fingerprint density at radius 1 is 0.265 bits per heavy atom. The molecule has 0 saturated heterocycles. The predicted molar refractivity (Wildman–Crippen MR) is 418 cm³/mol. The maximum Gasteiger partial charge on any atom is 0.472 e. The number of phosphoric ester groups is 2. The number of hydrogen-bond donors (Lipinski definition) is 3. The molecule has 0 aliphatic carbocycles. The zero-order chi connectivity index (χ0) is 74.8. The summed E-state index contributed by atoms with van der Waals surface area (Å²) >= 11 is 0. The van der Waals surface area contributed by atoms with Crippen molar-refractivity contribution in [2.75, 3.05) is 39.6 Å². The molecule has 0 saturated carbocycles. The Kier molecular flexibility index (Phi) is 74.4. The fourth-order valence-electron chi connectivity index (χ4n) is 12.9. The number of phosphoric acid groups is 2. The van der Waals surface area contributed by atoms with E-state index < -0.39 is 97.5 Å². The average Bonchev–Trinajstić information content (AvgIpc) is 0.908. The highest BCUT2D eigenvalue weighted by Crippen LogP contribution is 2.45. The predicted octanol–water partition coefficient (Wildman–Crippen LogP) is 25.2. The first kappa shape index (κ1) is 100. The van der Waals surface area contributed by atoms with E-state index in [2.05, 4.69) is 34.6 Å². The standard InChI is InChI=1S/C83H162O17P2/c1-6-9-12-15-18-20-22-24-26-30-35-39-43-47-52-57-62-67-81(86)94-73-79(100-83(88)69-64-59-54-49-45-41-37-33-29-28-32-34-38-42-46-51-55-60-65-76(4)5)75-98-102(91,92)96-71-77(84)70-95-101(89,90)97-74-78(72-93-80(85)66-61-56-50-17-14-11-8-3)99-82(87)68-63-58-53-48-44-40-36-31-27-25-23-21-19-16-13-10-7-2/h76-79,84H,6-75H2,1-5H3,(H,89,90)(H,91,92)/t77-,78+,79+/m0/s1. The first-order valence-electron chi connectivity index (χ1n) is 43.1. The van der Waals surface area contributed by atoms with Crippen LogP contribution in [0.15, 0.2) is 0 Å². The normalized spacial score (nSPS) is 13.8. The SMILES string of the molecule is CCCCCCCCCCCCCCCCCCCC(=O)OC[C@H](COP(=O)(O)OC[C@@H](O)COP(=O)(O)OC[C@@H](COC(=O)CCCCCCCCC)OC(=O)CCCCCCCCCCCCCCCCCCC)OC(=O)CCCCCCCCCCCCCCCCCCCCC(C)C. The van der Waals surface area contributed by atoms with E-state index in [1.165, 1.54) is 257 Å². The van der Waals surface area contributed by atoms with Gasteiger partial charge in [-0.25, -0.2) is 9.13 Å². The van der Waals surface area contributed by atoms with Crippen molar-refractivity contribution in [1.82, 2.24) is 0 Å². The third kappa shape index (κ3) is 76.3. The van der Waals surface area contributed by atoms with Gasteiger partial charge < -0.3 is 33.8 Å². The van der Waals surface area contributed by atoms with E-state index in [1.54, 1.807) is 0 Å². The minimum Gasteiger partial charge on any atom is -0.462 e. The number of carbonyl (C=O) groups is 4. The van der Waals surface area contributed by atoms with Crippen molar-refractivity contribution in [3.63, 3.8) is 0 Å². The molecule has 0 aliphatic rings. The van der Waals surface area contributed by atoms with Crippen molar-refractivity contribution >= 4 is 39.5 Å². The van der Waals surface area contributed by atoms with Crippen LogP contribution in [0.1, 0.15) is 446 Å². The molecule has 0 rings (SSSR count). The molecule has 0 spiro atoms. The van der Waals surface area contributed by atoms with Crippen LogP contribution in [-0.2, 0) is 65.4 Å². The molecular formula is C83H162O17P2. The summed E-state index contributed by atoms with van der Waals surface area (Å²) in [6.45, 7) is 7.34. The zero-order valence-corrected chi connectivity index (χ0v) is 68.5. The maximum absolute atomic E-state index is 13.1. The van der Waals surface area contributed by atoms with E-state index in [1.807, 2.05) is 0 Å². The fourth-order valence-corrected chi connectivity index (χ4v) is 14.5. The Balaban J connectivity index is 5.16. The summed E-state index contributed by atoms with van der Waals surface area (Å²) in [5, 5.41) is 10.6. The van der Waals surface area contributed by atoms with Crippen molar-refractivity contribution in [3.05, 3.63) is 0 Å². The fraction of sp³-hybridized carbons (Fsp3) is 0.952. The van der Waals surface area contributed by atoms with Gasteiger partial charge in [0, 0.05) is 25.7 Å². The summed E-state index contributed by atoms with van der Waals surface area (Å²) in [6.07, 6.45) is 68.2. The van der Waals surface area contributed by atoms with Gasteiger partial charge in [0.1, 0.15) is 19.3 Å². The molecule has 2 unspecified atom stereocenters. The number of aliphatic hydroxyl groups excluding tert-OH is 1. The van der Waals surface area contributed by atoms with E-state index in [9.17, 15) is 43.2 Å². The van der Waals surface area contributed by atoms with Gasteiger partial charge in [-0.1, -0.05) is 394 Å². The summed E-state index contributed by atoms with van der Waals surface area (Å²) in [4.78, 5) is 73.0. The molecule has 0 amide bonds. The van der Waals surface area contributed by atoms with Crippen LogP contribution in [0.3, 0.4) is 0 Å². The van der Waals surface area contributed by atoms with Crippen molar-refractivity contribution in [2.24, 2.45) is 5.92 Å². The Hall–Kier alpha value is -1.94. The molecule has 606 valence electrons. The minimum absolute atomic E-state index is 0.109. The monoisotopic (exact) mass is 1490 g/mol. The maximum atomic E-state index is 13.1. The van der Waals surface area contributed by atoms with E-state index in [4.69, 9.17) is 37.0 Å². The molecule has 5 atom stereocenters. The number of unbranched alkanes of at least 4 members (excludes halogenated alkanes) is 55. The highest BCUT2D eigenvalue weighted by molar-refractivity contribution is 7.47. The quantitative estimate of drug-likeness (QED) is 0.0222. The van der Waals surface area contributed by atoms with Gasteiger partial charge >= 0.3 is 39.5 Å². The summed E-state index contributed by atoms with van der Waals surface area (Å²) in [5.74, 6) is -1.29. The molecule has 0 aromatic carbocycles. The molecule has 102 heavy (non-hydrogen) atoms. The Morgan fingerprint density at radius 3 is 0.667 bits per heavy atom. The van der Waals surface area contributed by atoms with Gasteiger partial charge in [0.2, 0.25) is 0 Å². The first-order chi connectivity index (χ1) is 49.5. The molecule has 0 aromatic heterocycles. The second kappa shape index (κ2) is 75.9. The highest BCUT2D eigenvalue weighted by atomic mass is 31.2. The van der Waals surface area contributed by atoms with Crippen LogP contribution in [0, 0.1) is 5.92 Å². The molecule has 0 heterocycles. The van der Waals surface area contributed by atoms with Gasteiger partial charge in [-0.3, -0.25) is 37.3 Å². The van der Waals surface area contributed by atoms with Crippen molar-refractivity contribution in [2.45, 2.75) is 464 Å². The molecular weight excluding hydrogens is 1330 g/mol. The topological polar surface area (TPSA) is 237 Å². The third-order valence-corrected chi connectivity index (χ3v) is 21.4. The molecule has 0 bridgehead atoms. The van der Waals surface area contributed by atoms with Crippen LogP contribution in [0.25, 0.3) is 0 Å². The minimum atomic E-state index is -4.96.